The Balaban J connectivity index is 1.84. The minimum absolute atomic E-state index is 0.0131. The standard InChI is InChI=1S/C25H26N4O3/c1-16-6-8-19(9-7-16)15-29-18(3)22(17(2)28-29)12-20(14-26)25(30)27-21-10-11-23(31-4)24(13-21)32-5/h6-13H,15H2,1-5H3,(H,27,30)/b20-12+. The van der Waals surface area contributed by atoms with Crippen LogP contribution in [0.2, 0.25) is 0 Å². The molecule has 0 aliphatic heterocycles. The smallest absolute Gasteiger partial charge is 0.266 e. The number of methoxy groups -OCH3 is 2. The van der Waals surface area contributed by atoms with Gasteiger partial charge >= 0.3 is 0 Å². The van der Waals surface area contributed by atoms with Crippen LogP contribution in [-0.4, -0.2) is 29.9 Å². The van der Waals surface area contributed by atoms with Crippen LogP contribution in [0.3, 0.4) is 0 Å². The summed E-state index contributed by atoms with van der Waals surface area (Å²) in [4.78, 5) is 12.8. The summed E-state index contributed by atoms with van der Waals surface area (Å²) in [6, 6.07) is 15.3. The molecule has 0 unspecified atom stereocenters. The van der Waals surface area contributed by atoms with Gasteiger partial charge in [0.05, 0.1) is 26.5 Å². The molecule has 1 amide bonds. The van der Waals surface area contributed by atoms with E-state index >= 15 is 0 Å². The average Bonchev–Trinajstić information content (AvgIpc) is 3.05. The SMILES string of the molecule is COc1ccc(NC(=O)/C(C#N)=C/c2c(C)nn(Cc3ccc(C)cc3)c2C)cc1OC. The van der Waals surface area contributed by atoms with E-state index in [0.717, 1.165) is 22.5 Å². The lowest BCUT2D eigenvalue weighted by molar-refractivity contribution is -0.112. The number of nitrogens with one attached hydrogen (secondary N) is 1. The third-order valence-electron chi connectivity index (χ3n) is 5.19. The molecule has 7 heteroatoms. The molecule has 0 aliphatic carbocycles. The van der Waals surface area contributed by atoms with Gasteiger partial charge in [0.15, 0.2) is 11.5 Å². The van der Waals surface area contributed by atoms with Crippen LogP contribution in [0.5, 0.6) is 11.5 Å². The lowest BCUT2D eigenvalue weighted by Crippen LogP contribution is -2.13. The molecule has 32 heavy (non-hydrogen) atoms. The first kappa shape index (κ1) is 22.6. The largest absolute Gasteiger partial charge is 0.493 e. The van der Waals surface area contributed by atoms with Gasteiger partial charge in [-0.2, -0.15) is 10.4 Å². The van der Waals surface area contributed by atoms with Gasteiger partial charge < -0.3 is 14.8 Å². The van der Waals surface area contributed by atoms with Crippen molar-refractivity contribution in [2.75, 3.05) is 19.5 Å². The highest BCUT2D eigenvalue weighted by atomic mass is 16.5. The Hall–Kier alpha value is -4.05. The van der Waals surface area contributed by atoms with Crippen LogP contribution in [0.25, 0.3) is 6.08 Å². The van der Waals surface area contributed by atoms with Crippen molar-refractivity contribution in [1.82, 2.24) is 9.78 Å². The minimum atomic E-state index is -0.509. The Morgan fingerprint density at radius 1 is 1.09 bits per heavy atom. The Kier molecular flexibility index (Phi) is 6.96. The molecule has 0 aliphatic rings. The fourth-order valence-electron chi connectivity index (χ4n) is 3.35. The van der Waals surface area contributed by atoms with Crippen LogP contribution in [0.4, 0.5) is 5.69 Å². The van der Waals surface area contributed by atoms with Crippen molar-refractivity contribution < 1.29 is 14.3 Å². The number of nitrogens with zero attached hydrogens (tertiary/aromatic N) is 3. The van der Waals surface area contributed by atoms with Crippen LogP contribution in [0, 0.1) is 32.1 Å². The summed E-state index contributed by atoms with van der Waals surface area (Å²) in [6.07, 6.45) is 1.58. The zero-order valence-corrected chi connectivity index (χ0v) is 18.9. The first-order chi connectivity index (χ1) is 15.4. The number of hydrogen-bond acceptors (Lipinski definition) is 5. The van der Waals surface area contributed by atoms with E-state index < -0.39 is 5.91 Å². The van der Waals surface area contributed by atoms with E-state index in [2.05, 4.69) is 34.7 Å². The third-order valence-corrected chi connectivity index (χ3v) is 5.19. The maximum absolute atomic E-state index is 12.8. The molecule has 0 spiro atoms. The lowest BCUT2D eigenvalue weighted by Gasteiger charge is -2.10. The van der Waals surface area contributed by atoms with Crippen molar-refractivity contribution in [2.24, 2.45) is 0 Å². The fourth-order valence-corrected chi connectivity index (χ4v) is 3.35. The van der Waals surface area contributed by atoms with Gasteiger partial charge in [0.1, 0.15) is 11.6 Å². The summed E-state index contributed by atoms with van der Waals surface area (Å²) in [7, 11) is 3.06. The van der Waals surface area contributed by atoms with Crippen molar-refractivity contribution in [3.8, 4) is 17.6 Å². The molecule has 2 aromatic carbocycles. The minimum Gasteiger partial charge on any atom is -0.493 e. The molecule has 7 nitrogen and oxygen atoms in total. The number of rotatable bonds is 7. The molecule has 0 radical (unpaired) electrons. The number of ether oxygens (including phenoxy) is 2. The van der Waals surface area contributed by atoms with Gasteiger partial charge in [-0.1, -0.05) is 29.8 Å². The Morgan fingerprint density at radius 2 is 1.78 bits per heavy atom. The maximum atomic E-state index is 12.8. The summed E-state index contributed by atoms with van der Waals surface area (Å²) >= 11 is 0. The van der Waals surface area contributed by atoms with E-state index in [1.165, 1.54) is 19.8 Å². The van der Waals surface area contributed by atoms with Gasteiger partial charge in [-0.25, -0.2) is 0 Å². The normalized spacial score (nSPS) is 11.1. The van der Waals surface area contributed by atoms with E-state index in [1.54, 1.807) is 24.3 Å². The molecule has 3 rings (SSSR count). The monoisotopic (exact) mass is 430 g/mol. The number of amides is 1. The molecule has 164 valence electrons. The van der Waals surface area contributed by atoms with Crippen molar-refractivity contribution >= 4 is 17.7 Å². The Bertz CT molecular complexity index is 1200. The molecule has 0 bridgehead atoms. The summed E-state index contributed by atoms with van der Waals surface area (Å²) in [6.45, 7) is 6.46. The number of benzene rings is 2. The molecule has 1 N–H and O–H groups in total. The fraction of sp³-hybridized carbons (Fsp3) is 0.240. The summed E-state index contributed by atoms with van der Waals surface area (Å²) in [5.74, 6) is 0.524. The highest BCUT2D eigenvalue weighted by Gasteiger charge is 2.16. The molecule has 0 saturated carbocycles. The highest BCUT2D eigenvalue weighted by Crippen LogP contribution is 2.30. The highest BCUT2D eigenvalue weighted by molar-refractivity contribution is 6.09. The summed E-state index contributed by atoms with van der Waals surface area (Å²) in [5, 5.41) is 17.0. The average molecular weight is 431 g/mol. The van der Waals surface area contributed by atoms with Gasteiger partial charge in [0.25, 0.3) is 5.91 Å². The molecule has 1 heterocycles. The quantitative estimate of drug-likeness (QED) is 0.443. The molecule has 1 aromatic heterocycles. The number of aryl methyl sites for hydroxylation is 2. The van der Waals surface area contributed by atoms with E-state index in [4.69, 9.17) is 9.47 Å². The van der Waals surface area contributed by atoms with Crippen LogP contribution >= 0.6 is 0 Å². The second kappa shape index (κ2) is 9.84. The van der Waals surface area contributed by atoms with E-state index in [0.29, 0.717) is 23.7 Å². The number of anilines is 1. The van der Waals surface area contributed by atoms with Gasteiger partial charge in [0.2, 0.25) is 0 Å². The van der Waals surface area contributed by atoms with Crippen LogP contribution < -0.4 is 14.8 Å². The van der Waals surface area contributed by atoms with Gasteiger partial charge in [-0.15, -0.1) is 0 Å². The third kappa shape index (κ3) is 4.98. The summed E-state index contributed by atoms with van der Waals surface area (Å²) in [5.41, 5.74) is 5.21. The van der Waals surface area contributed by atoms with E-state index in [-0.39, 0.29) is 5.57 Å². The first-order valence-corrected chi connectivity index (χ1v) is 10.1. The first-order valence-electron chi connectivity index (χ1n) is 10.1. The Morgan fingerprint density at radius 3 is 2.41 bits per heavy atom. The second-order valence-corrected chi connectivity index (χ2v) is 7.42. The van der Waals surface area contributed by atoms with Crippen LogP contribution in [-0.2, 0) is 11.3 Å². The van der Waals surface area contributed by atoms with Gasteiger partial charge in [-0.3, -0.25) is 9.48 Å². The maximum Gasteiger partial charge on any atom is 0.266 e. The number of aromatic nitrogens is 2. The van der Waals surface area contributed by atoms with Crippen molar-refractivity contribution in [2.45, 2.75) is 27.3 Å². The van der Waals surface area contributed by atoms with Crippen LogP contribution in [0.1, 0.15) is 28.1 Å². The number of carbonyl (C=O) groups is 1. The topological polar surface area (TPSA) is 89.2 Å². The molecule has 0 atom stereocenters. The molecule has 0 fully saturated rings. The van der Waals surface area contributed by atoms with E-state index in [9.17, 15) is 10.1 Å². The molecular weight excluding hydrogens is 404 g/mol. The van der Waals surface area contributed by atoms with Gasteiger partial charge in [0, 0.05) is 23.0 Å². The zero-order chi connectivity index (χ0) is 23.3. The second-order valence-electron chi connectivity index (χ2n) is 7.42. The number of hydrogen-bond donors (Lipinski definition) is 1. The molecule has 0 saturated heterocycles. The Labute approximate surface area is 187 Å². The predicted molar refractivity (Wildman–Crippen MR) is 124 cm³/mol. The van der Waals surface area contributed by atoms with Gasteiger partial charge in [-0.05, 0) is 44.5 Å². The van der Waals surface area contributed by atoms with E-state index in [1.807, 2.05) is 31.5 Å². The number of nitriles is 1. The molecule has 3 aromatic rings. The number of carbonyl (C=O) groups excluding carboxylic acids is 1. The molecular formula is C25H26N4O3. The summed E-state index contributed by atoms with van der Waals surface area (Å²) < 4.78 is 12.4. The van der Waals surface area contributed by atoms with Crippen LogP contribution in [0.15, 0.2) is 48.0 Å². The predicted octanol–water partition coefficient (Wildman–Crippen LogP) is 4.42. The van der Waals surface area contributed by atoms with Crippen molar-refractivity contribution in [3.63, 3.8) is 0 Å². The lowest BCUT2D eigenvalue weighted by atomic mass is 10.1. The zero-order valence-electron chi connectivity index (χ0n) is 18.9. The van der Waals surface area contributed by atoms with Crippen molar-refractivity contribution in [3.05, 3.63) is 76.1 Å². The van der Waals surface area contributed by atoms with Crippen molar-refractivity contribution in [1.29, 1.82) is 5.26 Å².